The van der Waals surface area contributed by atoms with Gasteiger partial charge in [-0.05, 0) is 35.4 Å². The van der Waals surface area contributed by atoms with Crippen LogP contribution in [0.25, 0.3) is 12.2 Å². The Labute approximate surface area is 184 Å². The Morgan fingerprint density at radius 1 is 0.714 bits per heavy atom. The van der Waals surface area contributed by atoms with Crippen molar-refractivity contribution in [3.05, 3.63) is 97.4 Å². The molecule has 0 atom stereocenters. The molecule has 0 heterocycles. The van der Waals surface area contributed by atoms with Crippen molar-refractivity contribution < 1.29 is 9.53 Å². The van der Waals surface area contributed by atoms with Crippen molar-refractivity contribution in [2.45, 2.75) is 0 Å². The lowest BCUT2D eigenvalue weighted by Gasteiger charge is -2.01. The lowest BCUT2D eigenvalue weighted by atomic mass is 10.1. The minimum atomic E-state index is 0.319. The molecule has 0 spiro atoms. The second-order valence-electron chi connectivity index (χ2n) is 5.51. The van der Waals surface area contributed by atoms with Gasteiger partial charge in [-0.3, -0.25) is 4.79 Å². The lowest BCUT2D eigenvalue weighted by molar-refractivity contribution is 0.112. The number of methoxy groups -OCH3 is 1. The van der Waals surface area contributed by atoms with E-state index in [-0.39, 0.29) is 0 Å². The predicted octanol–water partition coefficient (Wildman–Crippen LogP) is 7.98. The molecule has 144 valence electrons. The Morgan fingerprint density at radius 3 is 1.75 bits per heavy atom. The molecule has 3 aromatic carbocycles. The van der Waals surface area contributed by atoms with Gasteiger partial charge in [0.25, 0.3) is 0 Å². The van der Waals surface area contributed by atoms with E-state index < -0.39 is 0 Å². The highest BCUT2D eigenvalue weighted by atomic mass is 35.5. The van der Waals surface area contributed by atoms with Crippen molar-refractivity contribution in [3.8, 4) is 5.75 Å². The first-order chi connectivity index (χ1) is 13.5. The van der Waals surface area contributed by atoms with Crippen LogP contribution in [0.5, 0.6) is 5.75 Å². The van der Waals surface area contributed by atoms with Gasteiger partial charge < -0.3 is 4.74 Å². The van der Waals surface area contributed by atoms with Gasteiger partial charge in [0.05, 0.1) is 27.2 Å². The second-order valence-corrected chi connectivity index (χ2v) is 7.08. The van der Waals surface area contributed by atoms with E-state index in [2.05, 4.69) is 0 Å². The SMILES string of the molecule is COc1ccc(/C=C/c2cccc(Cl)c2Cl)cc1.O=Cc1cccc(Cl)c1Cl. The molecule has 0 aliphatic rings. The number of carbonyl (C=O) groups excluding carboxylic acids is 1. The zero-order chi connectivity index (χ0) is 20.5. The Kier molecular flexibility index (Phi) is 8.88. The van der Waals surface area contributed by atoms with Crippen LogP contribution in [-0.4, -0.2) is 13.4 Å². The third-order valence-corrected chi connectivity index (χ3v) is 5.33. The van der Waals surface area contributed by atoms with Gasteiger partial charge in [0.2, 0.25) is 0 Å². The molecule has 0 unspecified atom stereocenters. The average molecular weight is 454 g/mol. The molecule has 28 heavy (non-hydrogen) atoms. The maximum Gasteiger partial charge on any atom is 0.151 e. The van der Waals surface area contributed by atoms with Gasteiger partial charge in [-0.2, -0.15) is 0 Å². The average Bonchev–Trinajstić information content (AvgIpc) is 2.72. The van der Waals surface area contributed by atoms with E-state index in [1.165, 1.54) is 0 Å². The maximum atomic E-state index is 10.2. The molecular formula is C22H16Cl4O2. The Hall–Kier alpha value is -1.97. The summed E-state index contributed by atoms with van der Waals surface area (Å²) in [5, 5.41) is 1.86. The van der Waals surface area contributed by atoms with E-state index in [4.69, 9.17) is 51.1 Å². The Balaban J connectivity index is 0.000000237. The summed E-state index contributed by atoms with van der Waals surface area (Å²) in [7, 11) is 1.65. The van der Waals surface area contributed by atoms with Gasteiger partial charge in [-0.25, -0.2) is 0 Å². The monoisotopic (exact) mass is 452 g/mol. The van der Waals surface area contributed by atoms with Gasteiger partial charge in [0.1, 0.15) is 5.75 Å². The highest BCUT2D eigenvalue weighted by Crippen LogP contribution is 2.27. The van der Waals surface area contributed by atoms with Crippen LogP contribution in [0.15, 0.2) is 60.7 Å². The smallest absolute Gasteiger partial charge is 0.151 e. The number of hydrogen-bond donors (Lipinski definition) is 0. The molecule has 0 aliphatic heterocycles. The molecule has 3 rings (SSSR count). The fraction of sp³-hybridized carbons (Fsp3) is 0.0455. The summed E-state index contributed by atoms with van der Waals surface area (Å²) in [4.78, 5) is 10.2. The molecule has 0 saturated heterocycles. The van der Waals surface area contributed by atoms with Crippen LogP contribution in [0, 0.1) is 0 Å². The summed E-state index contributed by atoms with van der Waals surface area (Å²) in [6, 6.07) is 18.3. The Bertz CT molecular complexity index is 967. The van der Waals surface area contributed by atoms with Crippen molar-refractivity contribution in [2.24, 2.45) is 0 Å². The van der Waals surface area contributed by atoms with Crippen LogP contribution < -0.4 is 4.74 Å². The van der Waals surface area contributed by atoms with Crippen molar-refractivity contribution >= 4 is 64.8 Å². The highest BCUT2D eigenvalue weighted by molar-refractivity contribution is 6.43. The van der Waals surface area contributed by atoms with E-state index in [0.29, 0.717) is 31.9 Å². The van der Waals surface area contributed by atoms with Gasteiger partial charge in [-0.15, -0.1) is 0 Å². The molecule has 0 saturated carbocycles. The molecule has 6 heteroatoms. The number of benzene rings is 3. The zero-order valence-electron chi connectivity index (χ0n) is 14.8. The quantitative estimate of drug-likeness (QED) is 0.295. The summed E-state index contributed by atoms with van der Waals surface area (Å²) in [5.41, 5.74) is 2.40. The zero-order valence-corrected chi connectivity index (χ0v) is 17.9. The summed E-state index contributed by atoms with van der Waals surface area (Å²) in [6.07, 6.45) is 4.60. The lowest BCUT2D eigenvalue weighted by Crippen LogP contribution is -1.81. The largest absolute Gasteiger partial charge is 0.497 e. The maximum absolute atomic E-state index is 10.2. The molecular weight excluding hydrogens is 438 g/mol. The topological polar surface area (TPSA) is 26.3 Å². The van der Waals surface area contributed by atoms with Crippen molar-refractivity contribution in [1.29, 1.82) is 0 Å². The highest BCUT2D eigenvalue weighted by Gasteiger charge is 2.01. The minimum absolute atomic E-state index is 0.319. The van der Waals surface area contributed by atoms with Gasteiger partial charge in [-0.1, -0.05) is 95.0 Å². The van der Waals surface area contributed by atoms with Gasteiger partial charge in [0.15, 0.2) is 6.29 Å². The van der Waals surface area contributed by atoms with E-state index in [1.807, 2.05) is 48.6 Å². The fourth-order valence-corrected chi connectivity index (χ4v) is 2.88. The number of aldehydes is 1. The molecule has 0 amide bonds. The van der Waals surface area contributed by atoms with Crippen LogP contribution in [-0.2, 0) is 0 Å². The van der Waals surface area contributed by atoms with E-state index in [0.717, 1.165) is 16.9 Å². The number of rotatable bonds is 4. The molecule has 0 aromatic heterocycles. The van der Waals surface area contributed by atoms with Crippen molar-refractivity contribution in [3.63, 3.8) is 0 Å². The number of ether oxygens (including phenoxy) is 1. The molecule has 0 aliphatic carbocycles. The molecule has 0 N–H and O–H groups in total. The van der Waals surface area contributed by atoms with Crippen LogP contribution >= 0.6 is 46.4 Å². The van der Waals surface area contributed by atoms with Crippen LogP contribution in [0.3, 0.4) is 0 Å². The molecule has 0 radical (unpaired) electrons. The predicted molar refractivity (Wildman–Crippen MR) is 120 cm³/mol. The summed E-state index contributed by atoms with van der Waals surface area (Å²) < 4.78 is 5.10. The van der Waals surface area contributed by atoms with Crippen LogP contribution in [0.2, 0.25) is 20.1 Å². The van der Waals surface area contributed by atoms with E-state index in [1.54, 1.807) is 31.4 Å². The summed E-state index contributed by atoms with van der Waals surface area (Å²) in [6.45, 7) is 0. The van der Waals surface area contributed by atoms with E-state index in [9.17, 15) is 4.79 Å². The summed E-state index contributed by atoms with van der Waals surface area (Å²) in [5.74, 6) is 0.841. The molecule has 2 nitrogen and oxygen atoms in total. The fourth-order valence-electron chi connectivity index (χ4n) is 2.16. The number of hydrogen-bond acceptors (Lipinski definition) is 2. The molecule has 3 aromatic rings. The van der Waals surface area contributed by atoms with Crippen LogP contribution in [0.1, 0.15) is 21.5 Å². The Morgan fingerprint density at radius 2 is 1.25 bits per heavy atom. The first-order valence-corrected chi connectivity index (χ1v) is 9.62. The number of carbonyl (C=O) groups is 1. The second kappa shape index (κ2) is 11.1. The molecule has 0 bridgehead atoms. The minimum Gasteiger partial charge on any atom is -0.497 e. The van der Waals surface area contributed by atoms with Crippen molar-refractivity contribution in [1.82, 2.24) is 0 Å². The molecule has 0 fully saturated rings. The van der Waals surface area contributed by atoms with Crippen LogP contribution in [0.4, 0.5) is 0 Å². The first-order valence-electron chi connectivity index (χ1n) is 8.11. The number of halogens is 4. The standard InChI is InChI=1S/C15H12Cl2O.C7H4Cl2O/c1-18-13-9-6-11(7-10-13)5-8-12-3-2-4-14(16)15(12)17;8-6-3-1-2-5(4-10)7(6)9/h2-10H,1H3;1-4H/b8-5+;. The van der Waals surface area contributed by atoms with Gasteiger partial charge >= 0.3 is 0 Å². The van der Waals surface area contributed by atoms with Crippen molar-refractivity contribution in [2.75, 3.05) is 7.11 Å². The van der Waals surface area contributed by atoms with E-state index >= 15 is 0 Å². The van der Waals surface area contributed by atoms with Gasteiger partial charge in [0, 0.05) is 5.56 Å². The third kappa shape index (κ3) is 6.29. The summed E-state index contributed by atoms with van der Waals surface area (Å²) >= 11 is 23.3. The normalized spacial score (nSPS) is 10.3. The first kappa shape index (κ1) is 22.3. The third-order valence-electron chi connectivity index (χ3n) is 3.66.